The van der Waals surface area contributed by atoms with E-state index in [0.717, 1.165) is 22.1 Å². The van der Waals surface area contributed by atoms with Crippen molar-refractivity contribution in [2.24, 2.45) is 0 Å². The summed E-state index contributed by atoms with van der Waals surface area (Å²) in [5.41, 5.74) is 1.36. The highest BCUT2D eigenvalue weighted by Gasteiger charge is 2.38. The number of carbonyl (C=O) groups excluding carboxylic acids is 2. The van der Waals surface area contributed by atoms with Gasteiger partial charge in [0, 0.05) is 22.4 Å². The van der Waals surface area contributed by atoms with E-state index in [1.54, 1.807) is 11.3 Å². The monoisotopic (exact) mass is 457 g/mol. The molecule has 6 nitrogen and oxygen atoms in total. The van der Waals surface area contributed by atoms with Crippen molar-refractivity contribution in [1.29, 1.82) is 0 Å². The Kier molecular flexibility index (Phi) is 6.22. The van der Waals surface area contributed by atoms with Crippen molar-refractivity contribution in [3.63, 3.8) is 0 Å². The maximum Gasteiger partial charge on any atom is 0.324 e. The molecule has 31 heavy (non-hydrogen) atoms. The van der Waals surface area contributed by atoms with Crippen LogP contribution >= 0.6 is 11.3 Å². The average molecular weight is 458 g/mol. The van der Waals surface area contributed by atoms with Crippen molar-refractivity contribution >= 4 is 43.2 Å². The number of benzene rings is 2. The smallest absolute Gasteiger partial charge is 0.324 e. The molecule has 162 valence electrons. The molecule has 3 aromatic rings. The molecule has 0 spiro atoms. The van der Waals surface area contributed by atoms with Gasteiger partial charge in [-0.2, -0.15) is 4.31 Å². The second-order valence-electron chi connectivity index (χ2n) is 7.57. The highest BCUT2D eigenvalue weighted by molar-refractivity contribution is 7.89. The highest BCUT2D eigenvalue weighted by atomic mass is 32.2. The lowest BCUT2D eigenvalue weighted by Crippen LogP contribution is -2.48. The zero-order valence-electron chi connectivity index (χ0n) is 17.1. The number of hydrogen-bond acceptors (Lipinski definition) is 6. The molecule has 1 aliphatic rings. The SMILES string of the molecule is CC(=O)c1ccc(S(=O)(=O)N2CCCCC2C(=O)OCc2csc3ccccc23)cc1. The van der Waals surface area contributed by atoms with Gasteiger partial charge in [0.25, 0.3) is 0 Å². The summed E-state index contributed by atoms with van der Waals surface area (Å²) in [5.74, 6) is -0.664. The van der Waals surface area contributed by atoms with E-state index < -0.39 is 22.0 Å². The van der Waals surface area contributed by atoms with Crippen LogP contribution in [0.1, 0.15) is 42.1 Å². The molecule has 0 aliphatic carbocycles. The minimum Gasteiger partial charge on any atom is -0.460 e. The molecule has 1 atom stereocenters. The van der Waals surface area contributed by atoms with E-state index in [1.165, 1.54) is 35.5 Å². The Morgan fingerprint density at radius 1 is 1.10 bits per heavy atom. The standard InChI is InChI=1S/C23H23NO5S2/c1-16(25)17-9-11-19(12-10-17)31(27,28)24-13-5-4-7-21(24)23(26)29-14-18-15-30-22-8-3-2-6-20(18)22/h2-3,6,8-12,15,21H,4-5,7,13-14H2,1H3. The van der Waals surface area contributed by atoms with Gasteiger partial charge in [0.15, 0.2) is 5.78 Å². The minimum absolute atomic E-state index is 0.0704. The number of hydrogen-bond donors (Lipinski definition) is 0. The third kappa shape index (κ3) is 4.42. The third-order valence-corrected chi connectivity index (χ3v) is 8.46. The number of Topliss-reactive ketones (excluding diaryl/α,β-unsaturated/α-hetero) is 1. The first-order valence-electron chi connectivity index (χ1n) is 10.1. The van der Waals surface area contributed by atoms with Crippen LogP contribution in [0.25, 0.3) is 10.1 Å². The van der Waals surface area contributed by atoms with Gasteiger partial charge in [0.1, 0.15) is 12.6 Å². The fourth-order valence-electron chi connectivity index (χ4n) is 3.81. The van der Waals surface area contributed by atoms with Gasteiger partial charge < -0.3 is 4.74 Å². The van der Waals surface area contributed by atoms with Crippen LogP contribution in [-0.2, 0) is 26.2 Å². The molecular formula is C23H23NO5S2. The van der Waals surface area contributed by atoms with Crippen molar-refractivity contribution < 1.29 is 22.7 Å². The van der Waals surface area contributed by atoms with Gasteiger partial charge in [-0.25, -0.2) is 8.42 Å². The Balaban J connectivity index is 1.52. The molecule has 0 saturated carbocycles. The van der Waals surface area contributed by atoms with Crippen LogP contribution in [0.3, 0.4) is 0 Å². The molecule has 0 bridgehead atoms. The Bertz CT molecular complexity index is 1210. The van der Waals surface area contributed by atoms with Crippen LogP contribution in [0.15, 0.2) is 58.8 Å². The second-order valence-corrected chi connectivity index (χ2v) is 10.4. The summed E-state index contributed by atoms with van der Waals surface area (Å²) in [4.78, 5) is 24.4. The van der Waals surface area contributed by atoms with Crippen LogP contribution in [0.4, 0.5) is 0 Å². The molecule has 1 unspecified atom stereocenters. The van der Waals surface area contributed by atoms with Crippen molar-refractivity contribution in [3.05, 3.63) is 65.0 Å². The van der Waals surface area contributed by atoms with Crippen LogP contribution < -0.4 is 0 Å². The molecule has 0 radical (unpaired) electrons. The molecule has 0 N–H and O–H groups in total. The largest absolute Gasteiger partial charge is 0.460 e. The Hall–Kier alpha value is -2.55. The predicted molar refractivity (Wildman–Crippen MR) is 120 cm³/mol. The maximum atomic E-state index is 13.2. The third-order valence-electron chi connectivity index (χ3n) is 5.52. The summed E-state index contributed by atoms with van der Waals surface area (Å²) >= 11 is 1.58. The first-order valence-corrected chi connectivity index (χ1v) is 12.4. The number of ketones is 1. The van der Waals surface area contributed by atoms with Crippen LogP contribution in [-0.4, -0.2) is 37.1 Å². The molecule has 2 aromatic carbocycles. The van der Waals surface area contributed by atoms with E-state index in [2.05, 4.69) is 0 Å². The van der Waals surface area contributed by atoms with Gasteiger partial charge in [0.2, 0.25) is 10.0 Å². The average Bonchev–Trinajstić information content (AvgIpc) is 3.20. The lowest BCUT2D eigenvalue weighted by Gasteiger charge is -2.33. The summed E-state index contributed by atoms with van der Waals surface area (Å²) in [6, 6.07) is 12.9. The molecular weight excluding hydrogens is 434 g/mol. The van der Waals surface area contributed by atoms with E-state index in [9.17, 15) is 18.0 Å². The summed E-state index contributed by atoms with van der Waals surface area (Å²) in [7, 11) is -3.88. The Morgan fingerprint density at radius 3 is 2.58 bits per heavy atom. The van der Waals surface area contributed by atoms with E-state index >= 15 is 0 Å². The number of carbonyl (C=O) groups is 2. The minimum atomic E-state index is -3.88. The number of esters is 1. The summed E-state index contributed by atoms with van der Waals surface area (Å²) in [6.45, 7) is 1.80. The van der Waals surface area contributed by atoms with Gasteiger partial charge in [-0.15, -0.1) is 11.3 Å². The molecule has 1 saturated heterocycles. The van der Waals surface area contributed by atoms with E-state index in [4.69, 9.17) is 4.74 Å². The molecule has 4 rings (SSSR count). The number of fused-ring (bicyclic) bond motifs is 1. The highest BCUT2D eigenvalue weighted by Crippen LogP contribution is 2.29. The van der Waals surface area contributed by atoms with Crippen LogP contribution in [0.2, 0.25) is 0 Å². The van der Waals surface area contributed by atoms with E-state index in [1.807, 2.05) is 29.6 Å². The Labute approximate surface area is 185 Å². The number of ether oxygens (including phenoxy) is 1. The Morgan fingerprint density at radius 2 is 1.84 bits per heavy atom. The second kappa shape index (κ2) is 8.90. The van der Waals surface area contributed by atoms with Crippen LogP contribution in [0, 0.1) is 0 Å². The topological polar surface area (TPSA) is 80.8 Å². The number of nitrogens with zero attached hydrogens (tertiary/aromatic N) is 1. The van der Waals surface area contributed by atoms with Gasteiger partial charge in [0.05, 0.1) is 4.90 Å². The molecule has 1 aromatic heterocycles. The molecule has 1 aliphatic heterocycles. The zero-order chi connectivity index (χ0) is 22.0. The van der Waals surface area contributed by atoms with Gasteiger partial charge in [-0.05, 0) is 55.2 Å². The first kappa shape index (κ1) is 21.7. The zero-order valence-corrected chi connectivity index (χ0v) is 18.7. The lowest BCUT2D eigenvalue weighted by molar-refractivity contribution is -0.150. The van der Waals surface area contributed by atoms with Crippen molar-refractivity contribution in [3.8, 4) is 0 Å². The summed E-state index contributed by atoms with van der Waals surface area (Å²) in [5, 5.41) is 3.00. The van der Waals surface area contributed by atoms with Crippen molar-refractivity contribution in [2.45, 2.75) is 43.7 Å². The summed E-state index contributed by atoms with van der Waals surface area (Å²) in [6.07, 6.45) is 1.87. The summed E-state index contributed by atoms with van der Waals surface area (Å²) < 4.78 is 34.4. The molecule has 2 heterocycles. The quantitative estimate of drug-likeness (QED) is 0.405. The number of piperidine rings is 1. The molecule has 0 amide bonds. The van der Waals surface area contributed by atoms with E-state index in [0.29, 0.717) is 18.4 Å². The van der Waals surface area contributed by atoms with Gasteiger partial charge in [-0.3, -0.25) is 9.59 Å². The fourth-order valence-corrected chi connectivity index (χ4v) is 6.41. The predicted octanol–water partition coefficient (Wildman–Crippen LogP) is 4.39. The van der Waals surface area contributed by atoms with E-state index in [-0.39, 0.29) is 23.8 Å². The first-order chi connectivity index (χ1) is 14.9. The van der Waals surface area contributed by atoms with Crippen molar-refractivity contribution in [1.82, 2.24) is 4.31 Å². The van der Waals surface area contributed by atoms with Gasteiger partial charge >= 0.3 is 5.97 Å². The van der Waals surface area contributed by atoms with Crippen molar-refractivity contribution in [2.75, 3.05) is 6.54 Å². The fraction of sp³-hybridized carbons (Fsp3) is 0.304. The molecule has 1 fully saturated rings. The number of thiophene rings is 1. The maximum absolute atomic E-state index is 13.2. The lowest BCUT2D eigenvalue weighted by atomic mass is 10.1. The normalized spacial score (nSPS) is 17.5. The van der Waals surface area contributed by atoms with Gasteiger partial charge in [-0.1, -0.05) is 30.3 Å². The molecule has 8 heteroatoms. The van der Waals surface area contributed by atoms with Crippen LogP contribution in [0.5, 0.6) is 0 Å². The number of sulfonamides is 1. The number of rotatable bonds is 6.